The minimum atomic E-state index is -3.15. The Balaban J connectivity index is 2.23. The van der Waals surface area contributed by atoms with E-state index in [1.54, 1.807) is 0 Å². The first-order chi connectivity index (χ1) is 16.2. The van der Waals surface area contributed by atoms with E-state index in [1.165, 1.54) is 39.2 Å². The summed E-state index contributed by atoms with van der Waals surface area (Å²) in [5.74, 6) is -8.11. The fraction of sp³-hybridized carbons (Fsp3) is 0.217. The standard InChI is InChI=1S/C23H21BClNO9/c1-9(27)12-5-4-11(25)6-13(12)14-7-16(28)26(8-15(14)35-3)10(2)23(33,34)17-18(24)20(30)22(32)21(31)19(17)29/h4-8,10,29-34H,1-3H3. The summed E-state index contributed by atoms with van der Waals surface area (Å²) in [5.41, 5.74) is -1.77. The molecule has 0 amide bonds. The molecular weight excluding hydrogens is 481 g/mol. The summed E-state index contributed by atoms with van der Waals surface area (Å²) in [6.45, 7) is 2.52. The molecule has 1 atom stereocenters. The molecular formula is C23H21BClNO9. The molecule has 0 saturated carbocycles. The van der Waals surface area contributed by atoms with Crippen LogP contribution in [0.15, 0.2) is 35.3 Å². The molecule has 1 aromatic heterocycles. The number of halogens is 1. The molecule has 3 aromatic rings. The zero-order valence-corrected chi connectivity index (χ0v) is 19.5. The number of phenolic OH excluding ortho intramolecular Hbond substituents is 4. The van der Waals surface area contributed by atoms with E-state index in [0.717, 1.165) is 16.8 Å². The number of aromatic nitrogens is 1. The molecule has 0 aliphatic heterocycles. The van der Waals surface area contributed by atoms with Crippen LogP contribution in [0.5, 0.6) is 28.7 Å². The number of methoxy groups -OCH3 is 1. The molecule has 2 radical (unpaired) electrons. The quantitative estimate of drug-likeness (QED) is 0.0960. The highest BCUT2D eigenvalue weighted by Gasteiger charge is 2.41. The van der Waals surface area contributed by atoms with Gasteiger partial charge in [-0.3, -0.25) is 9.59 Å². The Morgan fingerprint density at radius 1 is 1.06 bits per heavy atom. The Hall–Kier alpha value is -3.67. The number of carbonyl (C=O) groups is 1. The number of hydrogen-bond donors (Lipinski definition) is 6. The average Bonchev–Trinajstić information content (AvgIpc) is 2.80. The minimum absolute atomic E-state index is 0.0608. The number of aromatic hydroxyl groups is 4. The van der Waals surface area contributed by atoms with Crippen molar-refractivity contribution in [1.29, 1.82) is 0 Å². The van der Waals surface area contributed by atoms with Crippen molar-refractivity contribution in [3.05, 3.63) is 57.0 Å². The van der Waals surface area contributed by atoms with Crippen molar-refractivity contribution in [1.82, 2.24) is 4.57 Å². The maximum Gasteiger partial charge on any atom is 0.251 e. The van der Waals surface area contributed by atoms with Crippen LogP contribution in [0.2, 0.25) is 5.02 Å². The van der Waals surface area contributed by atoms with Gasteiger partial charge in [-0.15, -0.1) is 0 Å². The third-order valence-electron chi connectivity index (χ3n) is 5.72. The smallest absolute Gasteiger partial charge is 0.251 e. The molecule has 2 aromatic carbocycles. The number of aliphatic hydroxyl groups is 2. The lowest BCUT2D eigenvalue weighted by atomic mass is 9.82. The van der Waals surface area contributed by atoms with E-state index >= 15 is 0 Å². The molecule has 1 unspecified atom stereocenters. The van der Waals surface area contributed by atoms with E-state index in [9.17, 15) is 40.2 Å². The monoisotopic (exact) mass is 501 g/mol. The minimum Gasteiger partial charge on any atom is -0.505 e. The van der Waals surface area contributed by atoms with E-state index in [2.05, 4.69) is 0 Å². The molecule has 10 nitrogen and oxygen atoms in total. The van der Waals surface area contributed by atoms with Crippen LogP contribution in [0.3, 0.4) is 0 Å². The van der Waals surface area contributed by atoms with Crippen molar-refractivity contribution in [2.45, 2.75) is 25.7 Å². The number of pyridine rings is 1. The highest BCUT2D eigenvalue weighted by Crippen LogP contribution is 2.47. The lowest BCUT2D eigenvalue weighted by Gasteiger charge is -2.33. The van der Waals surface area contributed by atoms with Crippen molar-refractivity contribution in [2.75, 3.05) is 7.11 Å². The number of carbonyl (C=O) groups excluding carboxylic acids is 1. The van der Waals surface area contributed by atoms with Crippen molar-refractivity contribution < 1.29 is 40.2 Å². The van der Waals surface area contributed by atoms with Crippen molar-refractivity contribution >= 4 is 30.7 Å². The number of hydrogen-bond acceptors (Lipinski definition) is 9. The molecule has 0 spiro atoms. The molecule has 6 N–H and O–H groups in total. The number of benzene rings is 2. The first-order valence-corrected chi connectivity index (χ1v) is 10.4. The van der Waals surface area contributed by atoms with Gasteiger partial charge in [0.25, 0.3) is 5.56 Å². The van der Waals surface area contributed by atoms with Gasteiger partial charge < -0.3 is 39.9 Å². The molecule has 0 aliphatic rings. The van der Waals surface area contributed by atoms with Crippen LogP contribution in [0, 0.1) is 0 Å². The van der Waals surface area contributed by atoms with Crippen LogP contribution in [-0.2, 0) is 5.79 Å². The van der Waals surface area contributed by atoms with Gasteiger partial charge in [-0.2, -0.15) is 0 Å². The molecule has 3 rings (SSSR count). The molecule has 0 fully saturated rings. The lowest BCUT2D eigenvalue weighted by Crippen LogP contribution is -2.42. The van der Waals surface area contributed by atoms with Crippen LogP contribution < -0.4 is 15.8 Å². The van der Waals surface area contributed by atoms with Crippen LogP contribution >= 0.6 is 11.6 Å². The summed E-state index contributed by atoms with van der Waals surface area (Å²) >= 11 is 6.09. The zero-order valence-electron chi connectivity index (χ0n) is 18.8. The van der Waals surface area contributed by atoms with Gasteiger partial charge in [0, 0.05) is 22.2 Å². The van der Waals surface area contributed by atoms with E-state index in [4.69, 9.17) is 24.2 Å². The highest BCUT2D eigenvalue weighted by molar-refractivity contribution is 6.36. The van der Waals surface area contributed by atoms with E-state index < -0.39 is 51.4 Å². The Kier molecular flexibility index (Phi) is 6.80. The number of ketones is 1. The van der Waals surface area contributed by atoms with Gasteiger partial charge in [0.05, 0.1) is 24.9 Å². The molecule has 0 saturated heterocycles. The third-order valence-corrected chi connectivity index (χ3v) is 5.95. The van der Waals surface area contributed by atoms with Gasteiger partial charge in [-0.05, 0) is 43.1 Å². The lowest BCUT2D eigenvalue weighted by molar-refractivity contribution is -0.200. The molecule has 1 heterocycles. The van der Waals surface area contributed by atoms with E-state index in [0.29, 0.717) is 10.6 Å². The third kappa shape index (κ3) is 4.29. The van der Waals surface area contributed by atoms with Crippen molar-refractivity contribution in [3.63, 3.8) is 0 Å². The zero-order chi connectivity index (χ0) is 26.4. The summed E-state index contributed by atoms with van der Waals surface area (Å²) in [4.78, 5) is 25.2. The average molecular weight is 502 g/mol. The van der Waals surface area contributed by atoms with Gasteiger partial charge in [0.1, 0.15) is 13.6 Å². The van der Waals surface area contributed by atoms with Crippen LogP contribution in [0.4, 0.5) is 0 Å². The molecule has 0 aliphatic carbocycles. The van der Waals surface area contributed by atoms with Crippen LogP contribution in [0.25, 0.3) is 11.1 Å². The van der Waals surface area contributed by atoms with Gasteiger partial charge in [-0.1, -0.05) is 11.6 Å². The second-order valence-corrected chi connectivity index (χ2v) is 8.27. The van der Waals surface area contributed by atoms with E-state index in [-0.39, 0.29) is 22.7 Å². The summed E-state index contributed by atoms with van der Waals surface area (Å²) in [6.07, 6.45) is 1.14. The van der Waals surface area contributed by atoms with Crippen molar-refractivity contribution in [3.8, 4) is 39.9 Å². The SMILES string of the molecule is [B]c1c(O)c(O)c(O)c(O)c1C(O)(O)C(C)n1cc(OC)c(-c2cc(Cl)ccc2C(C)=O)cc1=O. The summed E-state index contributed by atoms with van der Waals surface area (Å²) in [5, 5.41) is 61.7. The number of phenols is 4. The fourth-order valence-corrected chi connectivity index (χ4v) is 3.91. The normalized spacial score (nSPS) is 12.4. The largest absolute Gasteiger partial charge is 0.505 e. The fourth-order valence-electron chi connectivity index (χ4n) is 3.74. The van der Waals surface area contributed by atoms with Crippen molar-refractivity contribution in [2.24, 2.45) is 0 Å². The Morgan fingerprint density at radius 2 is 1.66 bits per heavy atom. The van der Waals surface area contributed by atoms with Crippen LogP contribution in [-0.4, -0.2) is 55.9 Å². The predicted octanol–water partition coefficient (Wildman–Crippen LogP) is 1.39. The van der Waals surface area contributed by atoms with Gasteiger partial charge in [-0.25, -0.2) is 0 Å². The second-order valence-electron chi connectivity index (χ2n) is 7.83. The number of ether oxygens (including phenoxy) is 1. The second kappa shape index (κ2) is 9.18. The topological polar surface area (TPSA) is 170 Å². The van der Waals surface area contributed by atoms with E-state index in [1.807, 2.05) is 0 Å². The predicted molar refractivity (Wildman–Crippen MR) is 127 cm³/mol. The van der Waals surface area contributed by atoms with Crippen LogP contribution in [0.1, 0.15) is 35.8 Å². The summed E-state index contributed by atoms with van der Waals surface area (Å²) < 4.78 is 6.22. The summed E-state index contributed by atoms with van der Waals surface area (Å²) in [7, 11) is 6.94. The number of rotatable bonds is 6. The molecule has 12 heteroatoms. The molecule has 182 valence electrons. The first-order valence-electron chi connectivity index (χ1n) is 10.1. The maximum atomic E-state index is 13.1. The Bertz CT molecular complexity index is 1370. The molecule has 35 heavy (non-hydrogen) atoms. The number of nitrogens with zero attached hydrogens (tertiary/aromatic N) is 1. The van der Waals surface area contributed by atoms with Gasteiger partial charge in [0.15, 0.2) is 17.3 Å². The van der Waals surface area contributed by atoms with Gasteiger partial charge >= 0.3 is 0 Å². The Morgan fingerprint density at radius 3 is 2.23 bits per heavy atom. The maximum absolute atomic E-state index is 13.1. The Labute approximate surface area is 205 Å². The first kappa shape index (κ1) is 25.9. The summed E-state index contributed by atoms with van der Waals surface area (Å²) in [6, 6.07) is 3.99. The van der Waals surface area contributed by atoms with Gasteiger partial charge in [0.2, 0.25) is 17.3 Å². The highest BCUT2D eigenvalue weighted by atomic mass is 35.5. The molecule has 0 bridgehead atoms. The number of Topliss-reactive ketones (excluding diaryl/α,β-unsaturated/α-hetero) is 1.